The number of ether oxygens (including phenoxy) is 2. The normalized spacial score (nSPS) is 22.6. The average Bonchev–Trinajstić information content (AvgIpc) is 3.72. The molecule has 2 aliphatic heterocycles. The third-order valence-electron chi connectivity index (χ3n) is 7.30. The van der Waals surface area contributed by atoms with E-state index in [0.29, 0.717) is 24.3 Å². The summed E-state index contributed by atoms with van der Waals surface area (Å²) in [6, 6.07) is 12.1. The summed E-state index contributed by atoms with van der Waals surface area (Å²) in [7, 11) is 0. The lowest BCUT2D eigenvalue weighted by molar-refractivity contribution is 0.101. The number of nitrogens with zero attached hydrogens (tertiary/aromatic N) is 2. The molecule has 1 saturated carbocycles. The second-order valence-corrected chi connectivity index (χ2v) is 10.1. The second-order valence-electron chi connectivity index (χ2n) is 10.1. The molecule has 196 valence electrons. The third-order valence-corrected chi connectivity index (χ3v) is 7.30. The lowest BCUT2D eigenvalue weighted by Crippen LogP contribution is -2.38. The number of hydrogen-bond donors (Lipinski definition) is 2. The van der Waals surface area contributed by atoms with Gasteiger partial charge in [-0.2, -0.15) is 0 Å². The number of amides is 1. The number of aromatic nitrogens is 1. The molecule has 1 aromatic carbocycles. The minimum Gasteiger partial charge on any atom is -0.449 e. The van der Waals surface area contributed by atoms with Crippen LogP contribution in [-0.4, -0.2) is 53.9 Å². The summed E-state index contributed by atoms with van der Waals surface area (Å²) >= 11 is 0. The minimum absolute atomic E-state index is 0.140. The number of nitrogens with one attached hydrogen (secondary N) is 2. The van der Waals surface area contributed by atoms with Gasteiger partial charge in [0.15, 0.2) is 5.67 Å². The van der Waals surface area contributed by atoms with E-state index in [0.717, 1.165) is 50.1 Å². The van der Waals surface area contributed by atoms with Crippen LogP contribution in [-0.2, 0) is 11.2 Å². The summed E-state index contributed by atoms with van der Waals surface area (Å²) in [5.41, 5.74) is 0.721. The highest BCUT2D eigenvalue weighted by Crippen LogP contribution is 2.41. The van der Waals surface area contributed by atoms with Gasteiger partial charge in [0.1, 0.15) is 5.75 Å². The number of hydrogen-bond acceptors (Lipinski definition) is 6. The van der Waals surface area contributed by atoms with E-state index in [4.69, 9.17) is 9.47 Å². The number of carbonyl (C=O) groups is 1. The van der Waals surface area contributed by atoms with E-state index in [2.05, 4.69) is 34.7 Å². The fourth-order valence-electron chi connectivity index (χ4n) is 4.73. The second kappa shape index (κ2) is 11.4. The van der Waals surface area contributed by atoms with Gasteiger partial charge >= 0.3 is 6.09 Å². The van der Waals surface area contributed by atoms with Crippen LogP contribution in [0.1, 0.15) is 43.2 Å². The maximum Gasteiger partial charge on any atom is 0.417 e. The van der Waals surface area contributed by atoms with E-state index in [9.17, 15) is 4.79 Å². The van der Waals surface area contributed by atoms with Gasteiger partial charge in [0.05, 0.1) is 6.61 Å². The first-order valence-electron chi connectivity index (χ1n) is 13.2. The smallest absolute Gasteiger partial charge is 0.417 e. The molecule has 0 radical (unpaired) electrons. The van der Waals surface area contributed by atoms with Crippen molar-refractivity contribution in [3.63, 3.8) is 0 Å². The topological polar surface area (TPSA) is 75.7 Å². The maximum absolute atomic E-state index is 15.3. The Morgan fingerprint density at radius 3 is 2.59 bits per heavy atom. The predicted octanol–water partition coefficient (Wildman–Crippen LogP) is 5.07. The molecule has 7 nitrogen and oxygen atoms in total. The van der Waals surface area contributed by atoms with Gasteiger partial charge in [-0.15, -0.1) is 0 Å². The molecule has 5 rings (SSSR count). The largest absolute Gasteiger partial charge is 0.449 e. The number of halogens is 1. The molecule has 2 N–H and O–H groups in total. The van der Waals surface area contributed by atoms with Gasteiger partial charge in [0, 0.05) is 43.2 Å². The van der Waals surface area contributed by atoms with Crippen molar-refractivity contribution in [1.82, 2.24) is 20.5 Å². The summed E-state index contributed by atoms with van der Waals surface area (Å²) in [6.07, 6.45) is 11.0. The first-order valence-corrected chi connectivity index (χ1v) is 13.2. The zero-order chi connectivity index (χ0) is 25.7. The quantitative estimate of drug-likeness (QED) is 0.495. The molecule has 1 saturated heterocycles. The van der Waals surface area contributed by atoms with Crippen molar-refractivity contribution in [1.29, 1.82) is 0 Å². The van der Waals surface area contributed by atoms with Crippen molar-refractivity contribution in [2.75, 3.05) is 26.2 Å². The fraction of sp³-hybridized carbons (Fsp3) is 0.448. The Bertz CT molecular complexity index is 1100. The molecule has 1 aliphatic carbocycles. The van der Waals surface area contributed by atoms with Gasteiger partial charge in [-0.3, -0.25) is 4.90 Å². The molecule has 0 bridgehead atoms. The zero-order valence-corrected chi connectivity index (χ0v) is 21.2. The highest BCUT2D eigenvalue weighted by molar-refractivity contribution is 5.70. The van der Waals surface area contributed by atoms with Crippen molar-refractivity contribution >= 4 is 6.09 Å². The lowest BCUT2D eigenvalue weighted by Gasteiger charge is -2.26. The van der Waals surface area contributed by atoms with Crippen LogP contribution in [0.25, 0.3) is 0 Å². The predicted molar refractivity (Wildman–Crippen MR) is 140 cm³/mol. The van der Waals surface area contributed by atoms with Crippen molar-refractivity contribution < 1.29 is 18.7 Å². The Hall–Kier alpha value is -3.23. The third kappa shape index (κ3) is 6.76. The van der Waals surface area contributed by atoms with Crippen LogP contribution in [0.5, 0.6) is 11.6 Å². The van der Waals surface area contributed by atoms with Crippen molar-refractivity contribution in [2.45, 2.75) is 50.2 Å². The van der Waals surface area contributed by atoms with E-state index < -0.39 is 11.8 Å². The van der Waals surface area contributed by atoms with Crippen LogP contribution in [0.15, 0.2) is 67.1 Å². The van der Waals surface area contributed by atoms with Crippen LogP contribution in [0.2, 0.25) is 0 Å². The van der Waals surface area contributed by atoms with Gasteiger partial charge in [-0.1, -0.05) is 25.1 Å². The summed E-state index contributed by atoms with van der Waals surface area (Å²) in [5, 5.41) is 6.61. The minimum atomic E-state index is -1.65. The number of benzene rings is 1. The first-order chi connectivity index (χ1) is 18.0. The Balaban J connectivity index is 1.05. The molecule has 8 heteroatoms. The molecule has 1 amide bonds. The van der Waals surface area contributed by atoms with E-state index in [1.165, 1.54) is 35.0 Å². The van der Waals surface area contributed by atoms with Gasteiger partial charge in [-0.25, -0.2) is 14.2 Å². The average molecular weight is 507 g/mol. The highest BCUT2D eigenvalue weighted by atomic mass is 19.1. The number of piperidine rings is 1. The SMILES string of the molecule is CCc1ccc(Oc2ccc(C3CC3NCC3(F)C=CN(C(=O)OCC4CCNCC4)C=C3)cn2)cc1. The number of pyridine rings is 1. The molecule has 2 fully saturated rings. The lowest BCUT2D eigenvalue weighted by atomic mass is 9.99. The van der Waals surface area contributed by atoms with Crippen molar-refractivity contribution in [2.24, 2.45) is 5.92 Å². The summed E-state index contributed by atoms with van der Waals surface area (Å²) in [4.78, 5) is 18.1. The number of rotatable bonds is 9. The van der Waals surface area contributed by atoms with E-state index in [1.807, 2.05) is 30.5 Å². The standard InChI is InChI=1S/C29H35FN4O3/c1-2-21-3-6-24(7-4-21)37-27-8-5-23(18-32-27)25-17-26(25)33-20-29(30)11-15-34(16-12-29)28(35)36-19-22-9-13-31-14-10-22/h3-8,11-12,15-16,18,22,25-26,31,33H,2,9-10,13-14,17,19-20H2,1H3. The Kier molecular flexibility index (Phi) is 7.86. The monoisotopic (exact) mass is 506 g/mol. The van der Waals surface area contributed by atoms with Crippen molar-refractivity contribution in [3.8, 4) is 11.6 Å². The van der Waals surface area contributed by atoms with Crippen LogP contribution in [0.4, 0.5) is 9.18 Å². The van der Waals surface area contributed by atoms with Crippen LogP contribution >= 0.6 is 0 Å². The highest BCUT2D eigenvalue weighted by Gasteiger charge is 2.40. The maximum atomic E-state index is 15.3. The molecule has 2 unspecified atom stereocenters. The number of alkyl halides is 1. The molecule has 3 aliphatic rings. The molecule has 1 aromatic heterocycles. The van der Waals surface area contributed by atoms with Gasteiger partial charge < -0.3 is 20.1 Å². The molecule has 37 heavy (non-hydrogen) atoms. The van der Waals surface area contributed by atoms with Crippen LogP contribution in [0, 0.1) is 5.92 Å². The molecule has 2 atom stereocenters. The number of aryl methyl sites for hydroxylation is 1. The number of carbonyl (C=O) groups excluding carboxylic acids is 1. The summed E-state index contributed by atoms with van der Waals surface area (Å²) in [6.45, 7) is 4.57. The zero-order valence-electron chi connectivity index (χ0n) is 21.2. The van der Waals surface area contributed by atoms with Gasteiger partial charge in [0.25, 0.3) is 0 Å². The Morgan fingerprint density at radius 2 is 1.92 bits per heavy atom. The van der Waals surface area contributed by atoms with Gasteiger partial charge in [-0.05, 0) is 80.1 Å². The van der Waals surface area contributed by atoms with E-state index in [-0.39, 0.29) is 12.6 Å². The summed E-state index contributed by atoms with van der Waals surface area (Å²) in [5.74, 6) is 2.00. The molecule has 3 heterocycles. The Labute approximate surface area is 217 Å². The van der Waals surface area contributed by atoms with Crippen LogP contribution < -0.4 is 15.4 Å². The van der Waals surface area contributed by atoms with E-state index >= 15 is 4.39 Å². The Morgan fingerprint density at radius 1 is 1.16 bits per heavy atom. The first kappa shape index (κ1) is 25.4. The van der Waals surface area contributed by atoms with Crippen LogP contribution in [0.3, 0.4) is 0 Å². The van der Waals surface area contributed by atoms with E-state index in [1.54, 1.807) is 0 Å². The molecular weight excluding hydrogens is 471 g/mol. The summed E-state index contributed by atoms with van der Waals surface area (Å²) < 4.78 is 26.5. The van der Waals surface area contributed by atoms with Gasteiger partial charge in [0.2, 0.25) is 5.88 Å². The molecular formula is C29H35FN4O3. The fourth-order valence-corrected chi connectivity index (χ4v) is 4.73. The molecule has 0 spiro atoms. The van der Waals surface area contributed by atoms with Crippen molar-refractivity contribution in [3.05, 3.63) is 78.3 Å². The molecule has 2 aromatic rings.